The Morgan fingerprint density at radius 2 is 1.51 bits per heavy atom. The molecule has 0 aromatic heterocycles. The molecule has 228 valence electrons. The van der Waals surface area contributed by atoms with Gasteiger partial charge in [0.25, 0.3) is 5.91 Å². The molecule has 3 aromatic rings. The molecule has 0 unspecified atom stereocenters. The van der Waals surface area contributed by atoms with Crippen LogP contribution in [-0.4, -0.2) is 47.9 Å². The summed E-state index contributed by atoms with van der Waals surface area (Å²) in [4.78, 5) is 39.0. The van der Waals surface area contributed by atoms with Crippen LogP contribution in [0.4, 0.5) is 16.2 Å². The van der Waals surface area contributed by atoms with Crippen LogP contribution in [0.2, 0.25) is 0 Å². The number of hydrogen-bond acceptors (Lipinski definition) is 5. The standard InChI is InChI=1S/C34H41N3O6/c1-19-16-25(23-8-9-23)17-20(2)29(19)37-33(41)35-28-18-24(22-10-13-26(42-7)14-11-22)12-15-27(28)31(38)36-30(32(39)40)21(3)43-34(4,5)6/h10-18,21,23,30H,8-9H2,1-7H3,(H,36,38)(H,39,40)(H2,35,37,41)/t21-,30+/m1/s1. The number of aliphatic carboxylic acids is 1. The van der Waals surface area contributed by atoms with E-state index in [1.807, 2.05) is 58.9 Å². The summed E-state index contributed by atoms with van der Waals surface area (Å²) in [6.45, 7) is 11.0. The summed E-state index contributed by atoms with van der Waals surface area (Å²) in [6.07, 6.45) is 1.56. The number of benzene rings is 3. The smallest absolute Gasteiger partial charge is 0.328 e. The first kappa shape index (κ1) is 31.6. The molecule has 3 aromatic carbocycles. The minimum absolute atomic E-state index is 0.110. The quantitative estimate of drug-likeness (QED) is 0.205. The molecule has 0 spiro atoms. The molecule has 0 heterocycles. The monoisotopic (exact) mass is 587 g/mol. The van der Waals surface area contributed by atoms with Crippen molar-refractivity contribution in [2.75, 3.05) is 17.7 Å². The number of carbonyl (C=O) groups excluding carboxylic acids is 2. The van der Waals surface area contributed by atoms with Crippen molar-refractivity contribution in [2.45, 2.75) is 78.0 Å². The molecular formula is C34H41N3O6. The number of aryl methyl sites for hydroxylation is 2. The maximum Gasteiger partial charge on any atom is 0.328 e. The van der Waals surface area contributed by atoms with Crippen LogP contribution in [0.15, 0.2) is 54.6 Å². The van der Waals surface area contributed by atoms with Crippen molar-refractivity contribution in [1.82, 2.24) is 5.32 Å². The fourth-order valence-corrected chi connectivity index (χ4v) is 5.15. The molecular weight excluding hydrogens is 546 g/mol. The fraction of sp³-hybridized carbons (Fsp3) is 0.382. The highest BCUT2D eigenvalue weighted by atomic mass is 16.5. The average molecular weight is 588 g/mol. The zero-order chi connectivity index (χ0) is 31.5. The van der Waals surface area contributed by atoms with Crippen molar-refractivity contribution in [3.8, 4) is 16.9 Å². The van der Waals surface area contributed by atoms with E-state index in [2.05, 4.69) is 28.1 Å². The minimum Gasteiger partial charge on any atom is -0.497 e. The third kappa shape index (κ3) is 8.14. The summed E-state index contributed by atoms with van der Waals surface area (Å²) in [6, 6.07) is 14.8. The number of methoxy groups -OCH3 is 1. The second-order valence-electron chi connectivity index (χ2n) is 12.1. The molecule has 1 saturated carbocycles. The predicted octanol–water partition coefficient (Wildman–Crippen LogP) is 6.89. The molecule has 0 aliphatic heterocycles. The lowest BCUT2D eigenvalue weighted by atomic mass is 10.0. The Bertz CT molecular complexity index is 1480. The number of carboxylic acids is 1. The molecule has 2 atom stereocenters. The lowest BCUT2D eigenvalue weighted by Crippen LogP contribution is -2.50. The van der Waals surface area contributed by atoms with Crippen molar-refractivity contribution in [3.05, 3.63) is 76.9 Å². The van der Waals surface area contributed by atoms with E-state index in [1.165, 1.54) is 18.4 Å². The predicted molar refractivity (Wildman–Crippen MR) is 168 cm³/mol. The minimum atomic E-state index is -1.31. The maximum absolute atomic E-state index is 13.5. The largest absolute Gasteiger partial charge is 0.497 e. The van der Waals surface area contributed by atoms with Crippen molar-refractivity contribution in [3.63, 3.8) is 0 Å². The third-order valence-corrected chi connectivity index (χ3v) is 7.34. The van der Waals surface area contributed by atoms with Crippen LogP contribution < -0.4 is 20.7 Å². The molecule has 4 N–H and O–H groups in total. The highest BCUT2D eigenvalue weighted by molar-refractivity contribution is 6.08. The Morgan fingerprint density at radius 1 is 0.907 bits per heavy atom. The lowest BCUT2D eigenvalue weighted by Gasteiger charge is -2.29. The van der Waals surface area contributed by atoms with E-state index in [1.54, 1.807) is 32.2 Å². The zero-order valence-electron chi connectivity index (χ0n) is 25.8. The van der Waals surface area contributed by atoms with Gasteiger partial charge in [-0.2, -0.15) is 0 Å². The molecule has 9 heteroatoms. The van der Waals surface area contributed by atoms with Gasteiger partial charge in [-0.15, -0.1) is 0 Å². The molecule has 43 heavy (non-hydrogen) atoms. The first-order chi connectivity index (χ1) is 20.3. The van der Waals surface area contributed by atoms with Crippen molar-refractivity contribution >= 4 is 29.3 Å². The van der Waals surface area contributed by atoms with Crippen LogP contribution in [0.1, 0.15) is 73.5 Å². The summed E-state index contributed by atoms with van der Waals surface area (Å²) in [5.74, 6) is -0.599. The molecule has 1 aliphatic carbocycles. The molecule has 0 radical (unpaired) electrons. The first-order valence-corrected chi connectivity index (χ1v) is 14.4. The van der Waals surface area contributed by atoms with Crippen LogP contribution in [0.5, 0.6) is 5.75 Å². The van der Waals surface area contributed by atoms with Crippen molar-refractivity contribution in [1.29, 1.82) is 0 Å². The highest BCUT2D eigenvalue weighted by Gasteiger charge is 2.31. The number of rotatable bonds is 10. The van der Waals surface area contributed by atoms with Gasteiger partial charge in [-0.05, 0) is 112 Å². The fourth-order valence-electron chi connectivity index (χ4n) is 5.15. The number of urea groups is 1. The van der Waals surface area contributed by atoms with Gasteiger partial charge in [-0.1, -0.05) is 30.3 Å². The number of nitrogens with one attached hydrogen (secondary N) is 3. The van der Waals surface area contributed by atoms with Gasteiger partial charge in [0.1, 0.15) is 5.75 Å². The van der Waals surface area contributed by atoms with E-state index < -0.39 is 35.7 Å². The molecule has 0 bridgehead atoms. The van der Waals surface area contributed by atoms with Crippen LogP contribution in [0, 0.1) is 13.8 Å². The van der Waals surface area contributed by atoms with Crippen LogP contribution in [-0.2, 0) is 9.53 Å². The second kappa shape index (κ2) is 12.9. The Kier molecular flexibility index (Phi) is 9.45. The number of ether oxygens (including phenoxy) is 2. The number of carboxylic acid groups (broad SMARTS) is 1. The van der Waals surface area contributed by atoms with Crippen LogP contribution in [0.25, 0.3) is 11.1 Å². The van der Waals surface area contributed by atoms with Crippen LogP contribution in [0.3, 0.4) is 0 Å². The summed E-state index contributed by atoms with van der Waals surface area (Å²) < 4.78 is 11.1. The van der Waals surface area contributed by atoms with E-state index in [-0.39, 0.29) is 11.3 Å². The van der Waals surface area contributed by atoms with Crippen molar-refractivity contribution in [2.24, 2.45) is 0 Å². The van der Waals surface area contributed by atoms with Gasteiger partial charge >= 0.3 is 12.0 Å². The summed E-state index contributed by atoms with van der Waals surface area (Å²) in [7, 11) is 1.59. The van der Waals surface area contributed by atoms with E-state index in [4.69, 9.17) is 9.47 Å². The second-order valence-corrected chi connectivity index (χ2v) is 12.1. The molecule has 9 nitrogen and oxygen atoms in total. The van der Waals surface area contributed by atoms with Crippen LogP contribution >= 0.6 is 0 Å². The van der Waals surface area contributed by atoms with E-state index >= 15 is 0 Å². The van der Waals surface area contributed by atoms with E-state index in [0.717, 1.165) is 22.3 Å². The SMILES string of the molecule is COc1ccc(-c2ccc(C(=O)N[C@H](C(=O)O)[C@@H](C)OC(C)(C)C)c(NC(=O)Nc3c(C)cc(C4CC4)cc3C)c2)cc1. The number of hydrogen-bond donors (Lipinski definition) is 4. The van der Waals surface area contributed by atoms with Gasteiger partial charge in [-0.25, -0.2) is 9.59 Å². The lowest BCUT2D eigenvalue weighted by molar-refractivity contribution is -0.146. The van der Waals surface area contributed by atoms with Gasteiger partial charge in [0, 0.05) is 5.69 Å². The normalized spacial score (nSPS) is 14.4. The number of amides is 3. The molecule has 4 rings (SSSR count). The highest BCUT2D eigenvalue weighted by Crippen LogP contribution is 2.42. The average Bonchev–Trinajstić information content (AvgIpc) is 3.78. The zero-order valence-corrected chi connectivity index (χ0v) is 25.8. The Hall–Kier alpha value is -4.37. The number of carbonyl (C=O) groups is 3. The van der Waals surface area contributed by atoms with Gasteiger partial charge in [0.2, 0.25) is 0 Å². The summed E-state index contributed by atoms with van der Waals surface area (Å²) in [5, 5.41) is 18.2. The first-order valence-electron chi connectivity index (χ1n) is 14.4. The Balaban J connectivity index is 1.64. The molecule has 3 amide bonds. The summed E-state index contributed by atoms with van der Waals surface area (Å²) in [5.41, 5.74) is 5.21. The van der Waals surface area contributed by atoms with Gasteiger partial charge < -0.3 is 30.5 Å². The number of anilines is 2. The Morgan fingerprint density at radius 3 is 2.05 bits per heavy atom. The van der Waals surface area contributed by atoms with E-state index in [0.29, 0.717) is 17.4 Å². The molecule has 1 fully saturated rings. The molecule has 0 saturated heterocycles. The van der Waals surface area contributed by atoms with Crippen molar-refractivity contribution < 1.29 is 29.0 Å². The van der Waals surface area contributed by atoms with E-state index in [9.17, 15) is 19.5 Å². The van der Waals surface area contributed by atoms with Gasteiger partial charge in [-0.3, -0.25) is 4.79 Å². The van der Waals surface area contributed by atoms with Gasteiger partial charge in [0.05, 0.1) is 30.1 Å². The summed E-state index contributed by atoms with van der Waals surface area (Å²) >= 11 is 0. The topological polar surface area (TPSA) is 126 Å². The Labute approximate surface area is 253 Å². The molecule has 1 aliphatic rings. The third-order valence-electron chi connectivity index (χ3n) is 7.34. The maximum atomic E-state index is 13.5. The van der Waals surface area contributed by atoms with Gasteiger partial charge in [0.15, 0.2) is 6.04 Å².